The van der Waals surface area contributed by atoms with Crippen molar-refractivity contribution in [3.63, 3.8) is 0 Å². The number of benzene rings is 2. The molecule has 0 saturated heterocycles. The molecule has 0 unspecified atom stereocenters. The summed E-state index contributed by atoms with van der Waals surface area (Å²) in [5.74, 6) is 0. The average molecular weight is 250 g/mol. The van der Waals surface area contributed by atoms with E-state index in [4.69, 9.17) is 5.26 Å². The molecule has 0 bridgehead atoms. The van der Waals surface area contributed by atoms with Crippen LogP contribution in [0.3, 0.4) is 0 Å². The van der Waals surface area contributed by atoms with Gasteiger partial charge < -0.3 is 5.32 Å². The summed E-state index contributed by atoms with van der Waals surface area (Å²) in [5, 5.41) is 11.8. The molecule has 0 radical (unpaired) electrons. The maximum atomic E-state index is 8.44. The Hall–Kier alpha value is -2.11. The molecule has 96 valence electrons. The van der Waals surface area contributed by atoms with Gasteiger partial charge in [-0.05, 0) is 29.7 Å². The lowest BCUT2D eigenvalue weighted by atomic mass is 10.0. The van der Waals surface area contributed by atoms with Gasteiger partial charge in [-0.25, -0.2) is 0 Å². The molecule has 0 atom stereocenters. The van der Waals surface area contributed by atoms with E-state index >= 15 is 0 Å². The van der Waals surface area contributed by atoms with Crippen molar-refractivity contribution in [2.75, 3.05) is 6.54 Å². The third-order valence-corrected chi connectivity index (χ3v) is 3.03. The van der Waals surface area contributed by atoms with Crippen molar-refractivity contribution in [3.8, 4) is 17.2 Å². The second-order valence-corrected chi connectivity index (χ2v) is 4.50. The topological polar surface area (TPSA) is 35.8 Å². The highest BCUT2D eigenvalue weighted by Gasteiger charge is 1.97. The Morgan fingerprint density at radius 3 is 2.26 bits per heavy atom. The van der Waals surface area contributed by atoms with Crippen LogP contribution in [0.1, 0.15) is 18.4 Å². The normalized spacial score (nSPS) is 10.1. The summed E-state index contributed by atoms with van der Waals surface area (Å²) < 4.78 is 0. The van der Waals surface area contributed by atoms with E-state index in [0.717, 1.165) is 19.5 Å². The van der Waals surface area contributed by atoms with Crippen LogP contribution < -0.4 is 5.32 Å². The van der Waals surface area contributed by atoms with Gasteiger partial charge in [-0.3, -0.25) is 0 Å². The lowest BCUT2D eigenvalue weighted by Gasteiger charge is -2.06. The van der Waals surface area contributed by atoms with Crippen molar-refractivity contribution < 1.29 is 0 Å². The number of hydrogen-bond donors (Lipinski definition) is 1. The monoisotopic (exact) mass is 250 g/mol. The zero-order valence-corrected chi connectivity index (χ0v) is 11.0. The first-order chi connectivity index (χ1) is 9.40. The van der Waals surface area contributed by atoms with E-state index in [1.807, 2.05) is 6.07 Å². The van der Waals surface area contributed by atoms with E-state index in [1.54, 1.807) is 0 Å². The molecule has 0 aliphatic heterocycles. The van der Waals surface area contributed by atoms with Gasteiger partial charge >= 0.3 is 0 Å². The fraction of sp³-hybridized carbons (Fsp3) is 0.235. The van der Waals surface area contributed by atoms with Gasteiger partial charge in [0.1, 0.15) is 0 Å². The maximum Gasteiger partial charge on any atom is 0.0622 e. The van der Waals surface area contributed by atoms with Gasteiger partial charge in [0.2, 0.25) is 0 Å². The van der Waals surface area contributed by atoms with Crippen LogP contribution in [0, 0.1) is 11.3 Å². The van der Waals surface area contributed by atoms with Crippen LogP contribution in [-0.4, -0.2) is 6.54 Å². The van der Waals surface area contributed by atoms with E-state index in [0.29, 0.717) is 6.42 Å². The molecule has 19 heavy (non-hydrogen) atoms. The first-order valence-electron chi connectivity index (χ1n) is 6.62. The van der Waals surface area contributed by atoms with Crippen LogP contribution in [0.4, 0.5) is 0 Å². The Bertz CT molecular complexity index is 523. The fourth-order valence-electron chi connectivity index (χ4n) is 1.97. The third kappa shape index (κ3) is 4.24. The summed E-state index contributed by atoms with van der Waals surface area (Å²) in [4.78, 5) is 0. The van der Waals surface area contributed by atoms with Gasteiger partial charge in [0.15, 0.2) is 0 Å². The molecule has 2 aromatic rings. The molecule has 1 N–H and O–H groups in total. The van der Waals surface area contributed by atoms with Crippen molar-refractivity contribution in [2.45, 2.75) is 19.4 Å². The van der Waals surface area contributed by atoms with E-state index < -0.39 is 0 Å². The van der Waals surface area contributed by atoms with E-state index in [1.165, 1.54) is 16.7 Å². The van der Waals surface area contributed by atoms with Crippen LogP contribution in [0.2, 0.25) is 0 Å². The molecule has 0 aliphatic rings. The predicted molar refractivity (Wildman–Crippen MR) is 78.4 cm³/mol. The second-order valence-electron chi connectivity index (χ2n) is 4.50. The summed E-state index contributed by atoms with van der Waals surface area (Å²) in [6, 6.07) is 21.1. The number of nitrogens with one attached hydrogen (secondary N) is 1. The SMILES string of the molecule is N#CCCCNCc1ccc(-c2ccccc2)cc1. The summed E-state index contributed by atoms with van der Waals surface area (Å²) in [6.45, 7) is 1.76. The van der Waals surface area contributed by atoms with Crippen molar-refractivity contribution in [2.24, 2.45) is 0 Å². The second kappa shape index (κ2) is 7.35. The van der Waals surface area contributed by atoms with Gasteiger partial charge in [0.05, 0.1) is 6.07 Å². The largest absolute Gasteiger partial charge is 0.313 e. The van der Waals surface area contributed by atoms with E-state index in [2.05, 4.69) is 59.9 Å². The summed E-state index contributed by atoms with van der Waals surface area (Å²) >= 11 is 0. The molecule has 2 heteroatoms. The number of nitriles is 1. The van der Waals surface area contributed by atoms with Gasteiger partial charge in [-0.2, -0.15) is 5.26 Å². The third-order valence-electron chi connectivity index (χ3n) is 3.03. The first-order valence-corrected chi connectivity index (χ1v) is 6.62. The minimum Gasteiger partial charge on any atom is -0.313 e. The van der Waals surface area contributed by atoms with Crippen molar-refractivity contribution >= 4 is 0 Å². The molecule has 0 fully saturated rings. The van der Waals surface area contributed by atoms with E-state index in [-0.39, 0.29) is 0 Å². The molecular weight excluding hydrogens is 232 g/mol. The highest BCUT2D eigenvalue weighted by molar-refractivity contribution is 5.63. The van der Waals surface area contributed by atoms with Crippen molar-refractivity contribution in [1.29, 1.82) is 5.26 Å². The molecule has 2 rings (SSSR count). The smallest absolute Gasteiger partial charge is 0.0622 e. The van der Waals surface area contributed by atoms with Gasteiger partial charge in [-0.15, -0.1) is 0 Å². The van der Waals surface area contributed by atoms with Crippen LogP contribution in [0.15, 0.2) is 54.6 Å². The number of nitrogens with zero attached hydrogens (tertiary/aromatic N) is 1. The van der Waals surface area contributed by atoms with Crippen molar-refractivity contribution in [1.82, 2.24) is 5.32 Å². The average Bonchev–Trinajstić information content (AvgIpc) is 2.49. The molecule has 0 aromatic heterocycles. The lowest BCUT2D eigenvalue weighted by Crippen LogP contribution is -2.14. The van der Waals surface area contributed by atoms with Gasteiger partial charge in [0, 0.05) is 13.0 Å². The van der Waals surface area contributed by atoms with Gasteiger partial charge in [0.25, 0.3) is 0 Å². The fourth-order valence-corrected chi connectivity index (χ4v) is 1.97. The van der Waals surface area contributed by atoms with Crippen LogP contribution in [0.25, 0.3) is 11.1 Å². The minimum absolute atomic E-state index is 0.625. The Kier molecular flexibility index (Phi) is 5.16. The minimum atomic E-state index is 0.625. The zero-order chi connectivity index (χ0) is 13.3. The number of hydrogen-bond acceptors (Lipinski definition) is 2. The lowest BCUT2D eigenvalue weighted by molar-refractivity contribution is 0.657. The molecule has 0 amide bonds. The molecule has 0 spiro atoms. The molecule has 0 saturated carbocycles. The molecule has 2 nitrogen and oxygen atoms in total. The molecule has 2 aromatic carbocycles. The van der Waals surface area contributed by atoms with Crippen LogP contribution >= 0.6 is 0 Å². The maximum absolute atomic E-state index is 8.44. The Morgan fingerprint density at radius 1 is 0.895 bits per heavy atom. The molecule has 0 aliphatic carbocycles. The summed E-state index contributed by atoms with van der Waals surface area (Å²) in [6.07, 6.45) is 1.54. The Labute approximate surface area is 114 Å². The van der Waals surface area contributed by atoms with E-state index in [9.17, 15) is 0 Å². The van der Waals surface area contributed by atoms with Crippen molar-refractivity contribution in [3.05, 3.63) is 60.2 Å². The predicted octanol–water partition coefficient (Wildman–Crippen LogP) is 3.75. The Morgan fingerprint density at radius 2 is 1.58 bits per heavy atom. The number of unbranched alkanes of at least 4 members (excludes halogenated alkanes) is 1. The zero-order valence-electron chi connectivity index (χ0n) is 11.0. The van der Waals surface area contributed by atoms with Gasteiger partial charge in [-0.1, -0.05) is 54.6 Å². The highest BCUT2D eigenvalue weighted by atomic mass is 14.8. The summed E-state index contributed by atoms with van der Waals surface area (Å²) in [5.41, 5.74) is 3.77. The molecule has 0 heterocycles. The quantitative estimate of drug-likeness (QED) is 0.793. The standard InChI is InChI=1S/C17H18N2/c18-12-4-5-13-19-14-15-8-10-17(11-9-15)16-6-2-1-3-7-16/h1-3,6-11,19H,4-5,13-14H2. The highest BCUT2D eigenvalue weighted by Crippen LogP contribution is 2.19. The van der Waals surface area contributed by atoms with Crippen LogP contribution in [-0.2, 0) is 6.54 Å². The Balaban J connectivity index is 1.87. The first kappa shape index (κ1) is 13.3. The molecular formula is C17H18N2. The van der Waals surface area contributed by atoms with Crippen LogP contribution in [0.5, 0.6) is 0 Å². The summed E-state index contributed by atoms with van der Waals surface area (Å²) in [7, 11) is 0. The number of rotatable bonds is 6.